The second-order valence-electron chi connectivity index (χ2n) is 5.10. The molecule has 0 aliphatic carbocycles. The first-order valence-electron chi connectivity index (χ1n) is 6.67. The molecular formula is C14H23N3O. The van der Waals surface area contributed by atoms with E-state index in [0.29, 0.717) is 17.8 Å². The van der Waals surface area contributed by atoms with Gasteiger partial charge in [-0.3, -0.25) is 4.90 Å². The van der Waals surface area contributed by atoms with Gasteiger partial charge in [0, 0.05) is 31.4 Å². The number of hydrogen-bond acceptors (Lipinski definition) is 4. The van der Waals surface area contributed by atoms with Crippen LogP contribution in [-0.4, -0.2) is 36.1 Å². The fourth-order valence-electron chi connectivity index (χ4n) is 2.77. The lowest BCUT2D eigenvalue weighted by Gasteiger charge is -2.39. The molecule has 2 heterocycles. The quantitative estimate of drug-likeness (QED) is 0.881. The summed E-state index contributed by atoms with van der Waals surface area (Å²) in [5.74, 6) is 1.36. The molecule has 1 aliphatic heterocycles. The fraction of sp³-hybridized carbons (Fsp3) is 0.643. The fourth-order valence-corrected chi connectivity index (χ4v) is 2.77. The number of likely N-dealkylation sites (tertiary alicyclic amines) is 1. The van der Waals surface area contributed by atoms with Gasteiger partial charge in [0.15, 0.2) is 0 Å². The van der Waals surface area contributed by atoms with Gasteiger partial charge in [-0.1, -0.05) is 13.0 Å². The maximum atomic E-state index is 5.91. The number of piperidine rings is 1. The summed E-state index contributed by atoms with van der Waals surface area (Å²) < 4.78 is 5.07. The second-order valence-corrected chi connectivity index (χ2v) is 5.10. The molecule has 100 valence electrons. The van der Waals surface area contributed by atoms with E-state index in [0.717, 1.165) is 19.6 Å². The minimum absolute atomic E-state index is 0.501. The van der Waals surface area contributed by atoms with Crippen LogP contribution >= 0.6 is 0 Å². The van der Waals surface area contributed by atoms with E-state index in [1.807, 2.05) is 12.3 Å². The maximum Gasteiger partial charge on any atom is 0.212 e. The summed E-state index contributed by atoms with van der Waals surface area (Å²) in [6.45, 7) is 5.11. The van der Waals surface area contributed by atoms with Crippen molar-refractivity contribution < 1.29 is 4.74 Å². The Morgan fingerprint density at radius 3 is 2.94 bits per heavy atom. The van der Waals surface area contributed by atoms with Gasteiger partial charge in [0.2, 0.25) is 5.88 Å². The number of rotatable bonds is 4. The predicted octanol–water partition coefficient (Wildman–Crippen LogP) is 1.65. The van der Waals surface area contributed by atoms with Crippen LogP contribution in [0.5, 0.6) is 5.88 Å². The van der Waals surface area contributed by atoms with Crippen LogP contribution in [0, 0.1) is 5.92 Å². The molecule has 2 N–H and O–H groups in total. The summed E-state index contributed by atoms with van der Waals surface area (Å²) in [4.78, 5) is 6.74. The van der Waals surface area contributed by atoms with Gasteiger partial charge in [0.25, 0.3) is 0 Å². The Labute approximate surface area is 109 Å². The highest BCUT2D eigenvalue weighted by atomic mass is 16.5. The van der Waals surface area contributed by atoms with E-state index < -0.39 is 0 Å². The summed E-state index contributed by atoms with van der Waals surface area (Å²) in [5, 5.41) is 0. The van der Waals surface area contributed by atoms with Gasteiger partial charge in [-0.25, -0.2) is 4.98 Å². The zero-order valence-electron chi connectivity index (χ0n) is 11.3. The molecule has 2 rings (SSSR count). The summed E-state index contributed by atoms with van der Waals surface area (Å²) in [6, 6.07) is 4.50. The van der Waals surface area contributed by atoms with Crippen LogP contribution < -0.4 is 10.5 Å². The molecule has 0 spiro atoms. The maximum absolute atomic E-state index is 5.91. The van der Waals surface area contributed by atoms with Crippen LogP contribution in [0.25, 0.3) is 0 Å². The number of hydrogen-bond donors (Lipinski definition) is 1. The number of methoxy groups -OCH3 is 1. The predicted molar refractivity (Wildman–Crippen MR) is 72.4 cm³/mol. The van der Waals surface area contributed by atoms with Crippen molar-refractivity contribution in [3.8, 4) is 5.88 Å². The highest BCUT2D eigenvalue weighted by Crippen LogP contribution is 2.24. The average molecular weight is 249 g/mol. The smallest absolute Gasteiger partial charge is 0.212 e. The van der Waals surface area contributed by atoms with E-state index in [2.05, 4.69) is 22.9 Å². The van der Waals surface area contributed by atoms with Crippen LogP contribution in [0.4, 0.5) is 0 Å². The highest BCUT2D eigenvalue weighted by Gasteiger charge is 2.27. The Hall–Kier alpha value is -1.13. The van der Waals surface area contributed by atoms with Crippen molar-refractivity contribution in [1.82, 2.24) is 9.88 Å². The van der Waals surface area contributed by atoms with Crippen LogP contribution in [0.3, 0.4) is 0 Å². The zero-order chi connectivity index (χ0) is 13.0. The number of nitrogens with two attached hydrogens (primary N) is 1. The molecule has 1 aliphatic rings. The van der Waals surface area contributed by atoms with Crippen molar-refractivity contribution in [1.29, 1.82) is 0 Å². The number of aromatic nitrogens is 1. The molecule has 0 radical (unpaired) electrons. The molecule has 2 unspecified atom stereocenters. The minimum Gasteiger partial charge on any atom is -0.481 e. The molecule has 4 heteroatoms. The van der Waals surface area contributed by atoms with Crippen LogP contribution in [0.15, 0.2) is 18.3 Å². The molecule has 4 nitrogen and oxygen atoms in total. The normalized spacial score (nSPS) is 25.1. The summed E-state index contributed by atoms with van der Waals surface area (Å²) >= 11 is 0. The van der Waals surface area contributed by atoms with Crippen molar-refractivity contribution in [2.24, 2.45) is 11.7 Å². The van der Waals surface area contributed by atoms with E-state index in [1.54, 1.807) is 7.11 Å². The van der Waals surface area contributed by atoms with E-state index in [9.17, 15) is 0 Å². The molecule has 0 aromatic carbocycles. The monoisotopic (exact) mass is 249 g/mol. The van der Waals surface area contributed by atoms with Gasteiger partial charge >= 0.3 is 0 Å². The molecule has 18 heavy (non-hydrogen) atoms. The van der Waals surface area contributed by atoms with Gasteiger partial charge < -0.3 is 10.5 Å². The Kier molecular flexibility index (Phi) is 4.55. The Balaban J connectivity index is 2.02. The molecule has 2 atom stereocenters. The van der Waals surface area contributed by atoms with Crippen LogP contribution in [-0.2, 0) is 6.54 Å². The highest BCUT2D eigenvalue weighted by molar-refractivity contribution is 5.17. The van der Waals surface area contributed by atoms with Gasteiger partial charge in [-0.2, -0.15) is 0 Å². The average Bonchev–Trinajstić information content (AvgIpc) is 2.40. The standard InChI is InChI=1S/C14H23N3O/c1-11-4-3-7-17(13(11)8-15)10-12-5-6-14(18-2)16-9-12/h5-6,9,11,13H,3-4,7-8,10,15H2,1-2H3. The topological polar surface area (TPSA) is 51.4 Å². The van der Waals surface area contributed by atoms with Gasteiger partial charge in [-0.05, 0) is 30.9 Å². The molecule has 1 aromatic heterocycles. The third-order valence-corrected chi connectivity index (χ3v) is 3.86. The third-order valence-electron chi connectivity index (χ3n) is 3.86. The van der Waals surface area contributed by atoms with Crippen LogP contribution in [0.2, 0.25) is 0 Å². The summed E-state index contributed by atoms with van der Waals surface area (Å²) in [6.07, 6.45) is 4.45. The minimum atomic E-state index is 0.501. The molecule has 1 fully saturated rings. The zero-order valence-corrected chi connectivity index (χ0v) is 11.3. The van der Waals surface area contributed by atoms with E-state index in [4.69, 9.17) is 10.5 Å². The molecule has 0 amide bonds. The first kappa shape index (κ1) is 13.3. The number of pyridine rings is 1. The molecule has 0 saturated carbocycles. The molecular weight excluding hydrogens is 226 g/mol. The first-order valence-corrected chi connectivity index (χ1v) is 6.67. The first-order chi connectivity index (χ1) is 8.74. The number of nitrogens with zero attached hydrogens (tertiary/aromatic N) is 2. The largest absolute Gasteiger partial charge is 0.481 e. The van der Waals surface area contributed by atoms with Crippen molar-refractivity contribution in [2.75, 3.05) is 20.2 Å². The summed E-state index contributed by atoms with van der Waals surface area (Å²) in [5.41, 5.74) is 7.13. The lowest BCUT2D eigenvalue weighted by Crippen LogP contribution is -2.48. The van der Waals surface area contributed by atoms with E-state index >= 15 is 0 Å². The number of ether oxygens (including phenoxy) is 1. The van der Waals surface area contributed by atoms with Crippen molar-refractivity contribution in [3.05, 3.63) is 23.9 Å². The SMILES string of the molecule is COc1ccc(CN2CCCC(C)C2CN)cn1. The van der Waals surface area contributed by atoms with E-state index in [1.165, 1.54) is 18.4 Å². The Morgan fingerprint density at radius 2 is 2.33 bits per heavy atom. The lowest BCUT2D eigenvalue weighted by molar-refractivity contribution is 0.0989. The van der Waals surface area contributed by atoms with Crippen molar-refractivity contribution in [3.63, 3.8) is 0 Å². The van der Waals surface area contributed by atoms with Gasteiger partial charge in [0.1, 0.15) is 0 Å². The Morgan fingerprint density at radius 1 is 1.50 bits per heavy atom. The Bertz CT molecular complexity index is 366. The van der Waals surface area contributed by atoms with E-state index in [-0.39, 0.29) is 0 Å². The van der Waals surface area contributed by atoms with Gasteiger partial charge in [-0.15, -0.1) is 0 Å². The van der Waals surface area contributed by atoms with Crippen LogP contribution in [0.1, 0.15) is 25.3 Å². The summed E-state index contributed by atoms with van der Waals surface area (Å²) in [7, 11) is 1.64. The third kappa shape index (κ3) is 3.00. The van der Waals surface area contributed by atoms with Crippen molar-refractivity contribution in [2.45, 2.75) is 32.4 Å². The van der Waals surface area contributed by atoms with Crippen molar-refractivity contribution >= 4 is 0 Å². The second kappa shape index (κ2) is 6.16. The van der Waals surface area contributed by atoms with Gasteiger partial charge in [0.05, 0.1) is 7.11 Å². The lowest BCUT2D eigenvalue weighted by atomic mass is 9.90. The molecule has 1 saturated heterocycles. The molecule has 0 bridgehead atoms. The molecule has 1 aromatic rings.